The summed E-state index contributed by atoms with van der Waals surface area (Å²) in [4.78, 5) is 28.3. The van der Waals surface area contributed by atoms with Crippen molar-refractivity contribution >= 4 is 11.3 Å². The van der Waals surface area contributed by atoms with Gasteiger partial charge in [-0.1, -0.05) is 30.3 Å². The topological polar surface area (TPSA) is 76.5 Å². The van der Waals surface area contributed by atoms with E-state index in [9.17, 15) is 4.79 Å². The fourth-order valence-corrected chi connectivity index (χ4v) is 2.79. The van der Waals surface area contributed by atoms with Crippen LogP contribution < -0.4 is 5.69 Å². The first-order valence-electron chi connectivity index (χ1n) is 7.66. The Morgan fingerprint density at radius 3 is 2.67 bits per heavy atom. The second kappa shape index (κ2) is 5.73. The van der Waals surface area contributed by atoms with Crippen molar-refractivity contribution in [2.24, 2.45) is 0 Å². The molecule has 0 radical (unpaired) electrons. The van der Waals surface area contributed by atoms with E-state index in [1.54, 1.807) is 23.2 Å². The Kier molecular flexibility index (Phi) is 3.42. The van der Waals surface area contributed by atoms with Gasteiger partial charge >= 0.3 is 5.69 Å². The van der Waals surface area contributed by atoms with E-state index < -0.39 is 0 Å². The van der Waals surface area contributed by atoms with E-state index in [4.69, 9.17) is 0 Å². The van der Waals surface area contributed by atoms with Crippen LogP contribution >= 0.6 is 0 Å². The van der Waals surface area contributed by atoms with Gasteiger partial charge in [-0.3, -0.25) is 14.5 Å². The normalized spacial score (nSPS) is 12.4. The maximum atomic E-state index is 12.4. The quantitative estimate of drug-likeness (QED) is 0.630. The van der Waals surface area contributed by atoms with E-state index in [1.165, 1.54) is 0 Å². The van der Waals surface area contributed by atoms with Gasteiger partial charge in [0.2, 0.25) is 0 Å². The number of nitrogens with one attached hydrogen (secondary N) is 1. The molecule has 0 aliphatic heterocycles. The predicted octanol–water partition coefficient (Wildman–Crippen LogP) is 2.79. The van der Waals surface area contributed by atoms with E-state index in [0.29, 0.717) is 17.0 Å². The highest BCUT2D eigenvalue weighted by molar-refractivity contribution is 5.70. The Hall–Kier alpha value is -3.28. The Bertz CT molecular complexity index is 1040. The summed E-state index contributed by atoms with van der Waals surface area (Å²) in [7, 11) is 0. The molecule has 0 bridgehead atoms. The van der Waals surface area contributed by atoms with Crippen LogP contribution in [0.4, 0.5) is 0 Å². The number of aromatic amines is 1. The minimum Gasteiger partial charge on any atom is -0.289 e. The lowest BCUT2D eigenvalue weighted by molar-refractivity contribution is 0.630. The molecule has 6 nitrogen and oxygen atoms in total. The number of rotatable bonds is 3. The summed E-state index contributed by atoms with van der Waals surface area (Å²) >= 11 is 0. The molecule has 4 aromatic rings. The molecule has 1 N–H and O–H groups in total. The Morgan fingerprint density at radius 1 is 1.08 bits per heavy atom. The highest BCUT2D eigenvalue weighted by Gasteiger charge is 2.17. The van der Waals surface area contributed by atoms with Gasteiger partial charge in [0, 0.05) is 18.0 Å². The first-order valence-corrected chi connectivity index (χ1v) is 7.66. The number of H-pyrrole nitrogens is 1. The molecule has 0 aliphatic carbocycles. The number of hydrogen-bond donors (Lipinski definition) is 1. The van der Waals surface area contributed by atoms with Crippen LogP contribution in [-0.4, -0.2) is 24.5 Å². The molecule has 6 heteroatoms. The number of hydrogen-bond acceptors (Lipinski definition) is 4. The molecule has 118 valence electrons. The predicted molar refractivity (Wildman–Crippen MR) is 91.6 cm³/mol. The smallest absolute Gasteiger partial charge is 0.289 e. The lowest BCUT2D eigenvalue weighted by Crippen LogP contribution is -2.21. The molecular weight excluding hydrogens is 302 g/mol. The number of fused-ring (bicyclic) bond motifs is 1. The summed E-state index contributed by atoms with van der Waals surface area (Å²) in [5.74, 6) is 0. The van der Waals surface area contributed by atoms with Gasteiger partial charge in [0.25, 0.3) is 0 Å². The van der Waals surface area contributed by atoms with Crippen molar-refractivity contribution < 1.29 is 0 Å². The molecule has 3 aromatic heterocycles. The standard InChI is InChI=1S/C18H15N5O/c1-12(13-6-3-2-4-7-13)23-17-16(22-18(23)24)21-15(11-20-17)14-8-5-9-19-10-14/h2-12H,1H3,(H,21,22,24)/t12-/m0/s1. The second-order valence-electron chi connectivity index (χ2n) is 5.56. The number of imidazole rings is 1. The molecule has 0 saturated carbocycles. The lowest BCUT2D eigenvalue weighted by Gasteiger charge is -2.13. The average Bonchev–Trinajstić information content (AvgIpc) is 2.97. The van der Waals surface area contributed by atoms with Crippen molar-refractivity contribution in [2.75, 3.05) is 0 Å². The van der Waals surface area contributed by atoms with Crippen molar-refractivity contribution in [3.63, 3.8) is 0 Å². The summed E-state index contributed by atoms with van der Waals surface area (Å²) in [5, 5.41) is 0. The Balaban J connectivity index is 1.84. The zero-order valence-electron chi connectivity index (χ0n) is 13.0. The maximum Gasteiger partial charge on any atom is 0.329 e. The van der Waals surface area contributed by atoms with Crippen molar-refractivity contribution in [3.05, 3.63) is 77.1 Å². The van der Waals surface area contributed by atoms with Gasteiger partial charge < -0.3 is 0 Å². The van der Waals surface area contributed by atoms with Gasteiger partial charge in [-0.2, -0.15) is 0 Å². The third kappa shape index (κ3) is 2.38. The van der Waals surface area contributed by atoms with E-state index >= 15 is 0 Å². The van der Waals surface area contributed by atoms with Gasteiger partial charge in [0.1, 0.15) is 0 Å². The molecule has 0 spiro atoms. The van der Waals surface area contributed by atoms with Crippen molar-refractivity contribution in [1.29, 1.82) is 0 Å². The molecular formula is C18H15N5O. The average molecular weight is 317 g/mol. The van der Waals surface area contributed by atoms with Gasteiger partial charge in [0.15, 0.2) is 11.3 Å². The maximum absolute atomic E-state index is 12.4. The van der Waals surface area contributed by atoms with Gasteiger partial charge in [-0.25, -0.2) is 14.8 Å². The van der Waals surface area contributed by atoms with E-state index in [-0.39, 0.29) is 11.7 Å². The fourth-order valence-electron chi connectivity index (χ4n) is 2.79. The highest BCUT2D eigenvalue weighted by atomic mass is 16.1. The van der Waals surface area contributed by atoms with Crippen LogP contribution in [0.5, 0.6) is 0 Å². The number of pyridine rings is 1. The number of benzene rings is 1. The van der Waals surface area contributed by atoms with Crippen molar-refractivity contribution in [2.45, 2.75) is 13.0 Å². The summed E-state index contributed by atoms with van der Waals surface area (Å²) < 4.78 is 1.63. The summed E-state index contributed by atoms with van der Waals surface area (Å²) in [5.41, 5.74) is 3.38. The molecule has 1 aromatic carbocycles. The first-order chi connectivity index (χ1) is 11.7. The number of nitrogens with zero attached hydrogens (tertiary/aromatic N) is 4. The molecule has 0 unspecified atom stereocenters. The summed E-state index contributed by atoms with van der Waals surface area (Å²) in [6, 6.07) is 13.5. The molecule has 3 heterocycles. The van der Waals surface area contributed by atoms with Crippen LogP contribution in [-0.2, 0) is 0 Å². The lowest BCUT2D eigenvalue weighted by atomic mass is 10.1. The molecule has 4 rings (SSSR count). The van der Waals surface area contributed by atoms with E-state index in [1.807, 2.05) is 49.4 Å². The van der Waals surface area contributed by atoms with E-state index in [0.717, 1.165) is 11.1 Å². The van der Waals surface area contributed by atoms with Crippen LogP contribution in [0.2, 0.25) is 0 Å². The van der Waals surface area contributed by atoms with E-state index in [2.05, 4.69) is 19.9 Å². The van der Waals surface area contributed by atoms with Gasteiger partial charge in [-0.05, 0) is 24.6 Å². The van der Waals surface area contributed by atoms with Crippen LogP contribution in [0.15, 0.2) is 65.8 Å². The van der Waals surface area contributed by atoms with Crippen molar-refractivity contribution in [3.8, 4) is 11.3 Å². The minimum atomic E-state index is -0.218. The van der Waals surface area contributed by atoms with Gasteiger partial charge in [0.05, 0.1) is 17.9 Å². The fraction of sp³-hybridized carbons (Fsp3) is 0.111. The first kappa shape index (κ1) is 14.3. The van der Waals surface area contributed by atoms with Crippen LogP contribution in [0.1, 0.15) is 18.5 Å². The van der Waals surface area contributed by atoms with Crippen LogP contribution in [0.3, 0.4) is 0 Å². The molecule has 0 aliphatic rings. The van der Waals surface area contributed by atoms with Gasteiger partial charge in [-0.15, -0.1) is 0 Å². The monoisotopic (exact) mass is 317 g/mol. The molecule has 1 atom stereocenters. The van der Waals surface area contributed by atoms with Crippen molar-refractivity contribution in [1.82, 2.24) is 24.5 Å². The zero-order valence-corrected chi connectivity index (χ0v) is 13.0. The molecule has 0 amide bonds. The SMILES string of the molecule is C[C@@H](c1ccccc1)n1c(=O)[nH]c2nc(-c3cccnc3)cnc21. The third-order valence-corrected chi connectivity index (χ3v) is 4.05. The molecule has 24 heavy (non-hydrogen) atoms. The Morgan fingerprint density at radius 2 is 1.92 bits per heavy atom. The third-order valence-electron chi connectivity index (χ3n) is 4.05. The Labute approximate surface area is 137 Å². The minimum absolute atomic E-state index is 0.133. The zero-order chi connectivity index (χ0) is 16.5. The highest BCUT2D eigenvalue weighted by Crippen LogP contribution is 2.21. The van der Waals surface area contributed by atoms with Crippen LogP contribution in [0.25, 0.3) is 22.6 Å². The van der Waals surface area contributed by atoms with Crippen LogP contribution in [0, 0.1) is 0 Å². The largest absolute Gasteiger partial charge is 0.329 e. The second-order valence-corrected chi connectivity index (χ2v) is 5.56. The molecule has 0 saturated heterocycles. The number of aromatic nitrogens is 5. The summed E-state index contributed by atoms with van der Waals surface area (Å²) in [6.07, 6.45) is 5.09. The molecule has 0 fully saturated rings. The summed E-state index contributed by atoms with van der Waals surface area (Å²) in [6.45, 7) is 1.97.